The van der Waals surface area contributed by atoms with E-state index in [1.54, 1.807) is 0 Å². The van der Waals surface area contributed by atoms with Gasteiger partial charge in [-0.05, 0) is 58.1 Å². The maximum Gasteiger partial charge on any atom is 0.239 e. The van der Waals surface area contributed by atoms with E-state index in [1.807, 2.05) is 13.8 Å². The number of hydrogen-bond acceptors (Lipinski definition) is 3. The van der Waals surface area contributed by atoms with Crippen LogP contribution in [-0.4, -0.2) is 37.6 Å². The summed E-state index contributed by atoms with van der Waals surface area (Å²) in [6.07, 6.45) is 5.08. The second-order valence-electron chi connectivity index (χ2n) is 6.64. The van der Waals surface area contributed by atoms with Gasteiger partial charge in [-0.15, -0.1) is 24.0 Å². The lowest BCUT2D eigenvalue weighted by Crippen LogP contribution is -2.43. The number of guanidine groups is 1. The Morgan fingerprint density at radius 2 is 1.85 bits per heavy atom. The molecule has 1 fully saturated rings. The number of rotatable bonds is 8. The summed E-state index contributed by atoms with van der Waals surface area (Å²) in [7, 11) is 0. The summed E-state index contributed by atoms with van der Waals surface area (Å²) < 4.78 is 6.24. The van der Waals surface area contributed by atoms with Crippen molar-refractivity contribution >= 4 is 35.8 Å². The predicted octanol–water partition coefficient (Wildman–Crippen LogP) is 3.13. The Morgan fingerprint density at radius 3 is 2.52 bits per heavy atom. The first-order chi connectivity index (χ1) is 12.6. The number of ether oxygens (including phenoxy) is 1. The topological polar surface area (TPSA) is 74.8 Å². The third kappa shape index (κ3) is 8.36. The zero-order valence-electron chi connectivity index (χ0n) is 16.6. The number of carbonyl (C=O) groups is 1. The van der Waals surface area contributed by atoms with Gasteiger partial charge in [-0.3, -0.25) is 4.79 Å². The minimum absolute atomic E-state index is 0. The number of nitrogens with zero attached hydrogens (tertiary/aromatic N) is 1. The second kappa shape index (κ2) is 12.8. The number of amides is 1. The molecule has 6 nitrogen and oxygen atoms in total. The molecule has 3 N–H and O–H groups in total. The molecule has 0 aliphatic heterocycles. The Morgan fingerprint density at radius 1 is 1.15 bits per heavy atom. The quantitative estimate of drug-likeness (QED) is 0.299. The highest BCUT2D eigenvalue weighted by Crippen LogP contribution is 2.28. The molecule has 0 saturated heterocycles. The molecule has 0 radical (unpaired) electrons. The minimum atomic E-state index is -0.0429. The van der Waals surface area contributed by atoms with Gasteiger partial charge < -0.3 is 20.7 Å². The van der Waals surface area contributed by atoms with Crippen LogP contribution in [0, 0.1) is 6.92 Å². The van der Waals surface area contributed by atoms with Crippen molar-refractivity contribution in [1.82, 2.24) is 16.0 Å². The van der Waals surface area contributed by atoms with Gasteiger partial charge in [0.05, 0.1) is 19.2 Å². The summed E-state index contributed by atoms with van der Waals surface area (Å²) in [5, 5.41) is 9.01. The number of nitrogens with one attached hydrogen (secondary N) is 3. The zero-order valence-corrected chi connectivity index (χ0v) is 19.0. The van der Waals surface area contributed by atoms with Crippen LogP contribution in [0.5, 0.6) is 5.75 Å². The van der Waals surface area contributed by atoms with Gasteiger partial charge in [0.2, 0.25) is 5.91 Å². The molecule has 0 spiro atoms. The molecule has 0 bridgehead atoms. The largest absolute Gasteiger partial charge is 0.490 e. The predicted molar refractivity (Wildman–Crippen MR) is 121 cm³/mol. The van der Waals surface area contributed by atoms with Crippen molar-refractivity contribution in [2.45, 2.75) is 59.1 Å². The zero-order chi connectivity index (χ0) is 18.8. The van der Waals surface area contributed by atoms with Gasteiger partial charge in [0.15, 0.2) is 5.96 Å². The molecule has 7 heteroatoms. The van der Waals surface area contributed by atoms with E-state index < -0.39 is 0 Å². The first-order valence-electron chi connectivity index (χ1n) is 9.67. The Kier molecular flexibility index (Phi) is 11.2. The van der Waals surface area contributed by atoms with Crippen molar-refractivity contribution < 1.29 is 9.53 Å². The number of aliphatic imine (C=N–C) groups is 1. The summed E-state index contributed by atoms with van der Waals surface area (Å²) in [5.41, 5.74) is 2.25. The molecule has 0 unspecified atom stereocenters. The van der Waals surface area contributed by atoms with Gasteiger partial charge in [0.25, 0.3) is 0 Å². The molecular formula is C20H33IN4O2. The molecule has 1 amide bonds. The fourth-order valence-corrected chi connectivity index (χ4v) is 3.02. The molecule has 1 aliphatic rings. The monoisotopic (exact) mass is 488 g/mol. The van der Waals surface area contributed by atoms with E-state index in [1.165, 1.54) is 18.4 Å². The molecule has 0 atom stereocenters. The second-order valence-corrected chi connectivity index (χ2v) is 6.64. The van der Waals surface area contributed by atoms with Gasteiger partial charge in [-0.1, -0.05) is 12.1 Å². The Labute approximate surface area is 179 Å². The first kappa shape index (κ1) is 23.5. The lowest BCUT2D eigenvalue weighted by Gasteiger charge is -2.17. The van der Waals surface area contributed by atoms with Crippen molar-refractivity contribution in [3.8, 4) is 5.75 Å². The number of aryl methyl sites for hydroxylation is 1. The lowest BCUT2D eigenvalue weighted by molar-refractivity contribution is -0.119. The van der Waals surface area contributed by atoms with Gasteiger partial charge >= 0.3 is 0 Å². The molecule has 1 aliphatic carbocycles. The Hall–Kier alpha value is -1.51. The van der Waals surface area contributed by atoms with Gasteiger partial charge in [0, 0.05) is 18.7 Å². The third-order valence-corrected chi connectivity index (χ3v) is 4.36. The molecule has 1 aromatic rings. The van der Waals surface area contributed by atoms with Crippen LogP contribution in [0.3, 0.4) is 0 Å². The van der Waals surface area contributed by atoms with Crippen LogP contribution < -0.4 is 20.7 Å². The van der Waals surface area contributed by atoms with Crippen LogP contribution in [0.15, 0.2) is 23.2 Å². The van der Waals surface area contributed by atoms with E-state index in [9.17, 15) is 4.79 Å². The number of halogens is 1. The molecule has 0 aromatic heterocycles. The number of likely N-dealkylation sites (N-methyl/N-ethyl adjacent to an activating group) is 1. The normalized spacial score (nSPS) is 14.4. The molecule has 2 rings (SSSR count). The van der Waals surface area contributed by atoms with Crippen molar-refractivity contribution in [3.63, 3.8) is 0 Å². The van der Waals surface area contributed by atoms with Crippen LogP contribution in [0.2, 0.25) is 0 Å². The van der Waals surface area contributed by atoms with E-state index in [0.717, 1.165) is 30.7 Å². The van der Waals surface area contributed by atoms with Crippen LogP contribution in [-0.2, 0) is 11.3 Å². The molecule has 152 valence electrons. The van der Waals surface area contributed by atoms with Crippen LogP contribution >= 0.6 is 24.0 Å². The summed E-state index contributed by atoms with van der Waals surface area (Å²) in [6.45, 7) is 8.06. The lowest BCUT2D eigenvalue weighted by atomic mass is 10.1. The van der Waals surface area contributed by atoms with Crippen LogP contribution in [0.1, 0.15) is 50.7 Å². The van der Waals surface area contributed by atoms with Crippen molar-refractivity contribution in [2.24, 2.45) is 4.99 Å². The van der Waals surface area contributed by atoms with E-state index >= 15 is 0 Å². The molecule has 27 heavy (non-hydrogen) atoms. The summed E-state index contributed by atoms with van der Waals surface area (Å²) in [5.74, 6) is 1.52. The van der Waals surface area contributed by atoms with Crippen LogP contribution in [0.25, 0.3) is 0 Å². The molecular weight excluding hydrogens is 455 g/mol. The van der Waals surface area contributed by atoms with Gasteiger partial charge in [-0.2, -0.15) is 0 Å². The van der Waals surface area contributed by atoms with E-state index in [4.69, 9.17) is 4.74 Å². The Bertz CT molecular complexity index is 616. The fraction of sp³-hybridized carbons (Fsp3) is 0.600. The fourth-order valence-electron chi connectivity index (χ4n) is 3.02. The number of carbonyl (C=O) groups excluding carboxylic acids is 1. The molecule has 1 saturated carbocycles. The number of benzene rings is 1. The summed E-state index contributed by atoms with van der Waals surface area (Å²) in [4.78, 5) is 16.2. The Balaban J connectivity index is 0.00000364. The highest BCUT2D eigenvalue weighted by molar-refractivity contribution is 14.0. The summed E-state index contributed by atoms with van der Waals surface area (Å²) >= 11 is 0. The SMILES string of the molecule is CCNC(=O)CNC(=NCc1ccc(C)cc1OC1CCCC1)NCC.I. The van der Waals surface area contributed by atoms with Crippen molar-refractivity contribution in [3.05, 3.63) is 29.3 Å². The highest BCUT2D eigenvalue weighted by atomic mass is 127. The molecule has 1 aromatic carbocycles. The smallest absolute Gasteiger partial charge is 0.239 e. The minimum Gasteiger partial charge on any atom is -0.490 e. The average molecular weight is 488 g/mol. The van der Waals surface area contributed by atoms with Crippen molar-refractivity contribution in [1.29, 1.82) is 0 Å². The maximum absolute atomic E-state index is 11.6. The highest BCUT2D eigenvalue weighted by Gasteiger charge is 2.18. The van der Waals surface area contributed by atoms with E-state index in [2.05, 4.69) is 46.1 Å². The average Bonchev–Trinajstić information content (AvgIpc) is 3.12. The van der Waals surface area contributed by atoms with Crippen molar-refractivity contribution in [2.75, 3.05) is 19.6 Å². The molecule has 0 heterocycles. The van der Waals surface area contributed by atoms with E-state index in [-0.39, 0.29) is 36.4 Å². The first-order valence-corrected chi connectivity index (χ1v) is 9.67. The standard InChI is InChI=1S/C20H32N4O2.HI/c1-4-21-19(25)14-24-20(22-5-2)23-13-16-11-10-15(3)12-18(16)26-17-8-6-7-9-17;/h10-12,17H,4-9,13-14H2,1-3H3,(H,21,25)(H2,22,23,24);1H. The van der Waals surface area contributed by atoms with E-state index in [0.29, 0.717) is 25.2 Å². The number of hydrogen-bond donors (Lipinski definition) is 3. The van der Waals surface area contributed by atoms with Gasteiger partial charge in [0.1, 0.15) is 5.75 Å². The van der Waals surface area contributed by atoms with Gasteiger partial charge in [-0.25, -0.2) is 4.99 Å². The third-order valence-electron chi connectivity index (χ3n) is 4.36. The van der Waals surface area contributed by atoms with Crippen LogP contribution in [0.4, 0.5) is 0 Å². The maximum atomic E-state index is 11.6. The summed E-state index contributed by atoms with van der Waals surface area (Å²) in [6, 6.07) is 6.26.